The van der Waals surface area contributed by atoms with Crippen LogP contribution in [0.2, 0.25) is 0 Å². The van der Waals surface area contributed by atoms with Crippen LogP contribution in [0.25, 0.3) is 23.0 Å². The first-order valence-electron chi connectivity index (χ1n) is 10.8. The number of aromatic nitrogens is 3. The topological polar surface area (TPSA) is 82.8 Å². The molecule has 1 aromatic carbocycles. The van der Waals surface area contributed by atoms with Crippen LogP contribution in [-0.4, -0.2) is 63.4 Å². The molecule has 8 nitrogen and oxygen atoms in total. The van der Waals surface area contributed by atoms with Gasteiger partial charge in [-0.3, -0.25) is 19.8 Å². The zero-order valence-electron chi connectivity index (χ0n) is 17.8. The predicted molar refractivity (Wildman–Crippen MR) is 126 cm³/mol. The van der Waals surface area contributed by atoms with E-state index in [0.29, 0.717) is 10.6 Å². The summed E-state index contributed by atoms with van der Waals surface area (Å²) in [5.74, 6) is -0.389. The Labute approximate surface area is 190 Å². The SMILES string of the molecule is CCCN1CCN(c2cccc(-c3cnc4ccc(C=C5SC(=O)NC5=O)nn34)c2)CC1. The largest absolute Gasteiger partial charge is 0.369 e. The number of amides is 2. The number of carbonyl (C=O) groups excluding carboxylic acids is 2. The number of imide groups is 1. The van der Waals surface area contributed by atoms with Crippen LogP contribution in [0.1, 0.15) is 19.0 Å². The Balaban J connectivity index is 1.43. The highest BCUT2D eigenvalue weighted by Gasteiger charge is 2.25. The molecule has 0 atom stereocenters. The van der Waals surface area contributed by atoms with Crippen LogP contribution >= 0.6 is 11.8 Å². The Kier molecular flexibility index (Phi) is 5.67. The summed E-state index contributed by atoms with van der Waals surface area (Å²) in [5, 5.41) is 6.56. The molecule has 1 N–H and O–H groups in total. The fourth-order valence-electron chi connectivity index (χ4n) is 4.12. The normalized spacial score (nSPS) is 18.7. The minimum atomic E-state index is -0.389. The van der Waals surface area contributed by atoms with Gasteiger partial charge in [0.05, 0.1) is 22.5 Å². The number of anilines is 1. The van der Waals surface area contributed by atoms with Crippen LogP contribution in [0.4, 0.5) is 10.5 Å². The number of nitrogens with one attached hydrogen (secondary N) is 1. The smallest absolute Gasteiger partial charge is 0.290 e. The molecule has 32 heavy (non-hydrogen) atoms. The highest BCUT2D eigenvalue weighted by molar-refractivity contribution is 8.18. The highest BCUT2D eigenvalue weighted by atomic mass is 32.2. The molecule has 164 valence electrons. The molecule has 4 heterocycles. The fourth-order valence-corrected chi connectivity index (χ4v) is 4.79. The molecule has 9 heteroatoms. The number of rotatable bonds is 5. The fraction of sp³-hybridized carbons (Fsp3) is 0.304. The van der Waals surface area contributed by atoms with E-state index in [-0.39, 0.29) is 11.1 Å². The van der Waals surface area contributed by atoms with Gasteiger partial charge in [0.2, 0.25) is 0 Å². The van der Waals surface area contributed by atoms with E-state index in [1.807, 2.05) is 12.3 Å². The van der Waals surface area contributed by atoms with Gasteiger partial charge < -0.3 is 4.90 Å². The third-order valence-corrected chi connectivity index (χ3v) is 6.53. The van der Waals surface area contributed by atoms with Gasteiger partial charge in [-0.2, -0.15) is 5.10 Å². The summed E-state index contributed by atoms with van der Waals surface area (Å²) in [5.41, 5.74) is 4.43. The Morgan fingerprint density at radius 2 is 1.97 bits per heavy atom. The maximum Gasteiger partial charge on any atom is 0.290 e. The lowest BCUT2D eigenvalue weighted by molar-refractivity contribution is -0.115. The van der Waals surface area contributed by atoms with Crippen LogP contribution in [0.3, 0.4) is 0 Å². The lowest BCUT2D eigenvalue weighted by Gasteiger charge is -2.36. The monoisotopic (exact) mass is 448 g/mol. The predicted octanol–water partition coefficient (Wildman–Crippen LogP) is 3.25. The van der Waals surface area contributed by atoms with Crippen molar-refractivity contribution in [2.45, 2.75) is 13.3 Å². The summed E-state index contributed by atoms with van der Waals surface area (Å²) in [6.07, 6.45) is 4.63. The molecule has 2 saturated heterocycles. The lowest BCUT2D eigenvalue weighted by Crippen LogP contribution is -2.46. The van der Waals surface area contributed by atoms with Gasteiger partial charge >= 0.3 is 0 Å². The molecule has 3 aromatic rings. The van der Waals surface area contributed by atoms with Crippen LogP contribution in [0, 0.1) is 0 Å². The Hall–Kier alpha value is -3.17. The zero-order chi connectivity index (χ0) is 22.1. The molecule has 5 rings (SSSR count). The molecular formula is C23H24N6O2S. The average molecular weight is 449 g/mol. The number of hydrogen-bond acceptors (Lipinski definition) is 7. The second kappa shape index (κ2) is 8.76. The Morgan fingerprint density at radius 1 is 1.12 bits per heavy atom. The van der Waals surface area contributed by atoms with E-state index in [0.717, 1.165) is 61.4 Å². The van der Waals surface area contributed by atoms with Gasteiger partial charge in [0, 0.05) is 37.4 Å². The lowest BCUT2D eigenvalue weighted by atomic mass is 10.1. The molecule has 2 aliphatic rings. The van der Waals surface area contributed by atoms with E-state index in [9.17, 15) is 9.59 Å². The molecule has 2 amide bonds. The van der Waals surface area contributed by atoms with Crippen LogP contribution in [-0.2, 0) is 4.79 Å². The summed E-state index contributed by atoms with van der Waals surface area (Å²) >= 11 is 0.885. The molecule has 0 spiro atoms. The van der Waals surface area contributed by atoms with Crippen molar-refractivity contribution in [1.82, 2.24) is 24.8 Å². The van der Waals surface area contributed by atoms with Gasteiger partial charge in [-0.05, 0) is 55.1 Å². The number of carbonyl (C=O) groups is 2. The quantitative estimate of drug-likeness (QED) is 0.600. The van der Waals surface area contributed by atoms with Crippen molar-refractivity contribution in [3.8, 4) is 11.3 Å². The van der Waals surface area contributed by atoms with Gasteiger partial charge in [0.25, 0.3) is 11.1 Å². The molecule has 2 fully saturated rings. The van der Waals surface area contributed by atoms with E-state index in [1.165, 1.54) is 12.1 Å². The number of nitrogens with zero attached hydrogens (tertiary/aromatic N) is 5. The standard InChI is InChI=1S/C23H24N6O2S/c1-2-8-27-9-11-28(12-10-27)18-5-3-4-16(13-18)19-15-24-21-7-6-17(26-29(19)21)14-20-22(30)25-23(31)32-20/h3-7,13-15H,2,8-12H2,1H3,(H,25,30,31). The number of fused-ring (bicyclic) bond motifs is 1. The first-order valence-corrected chi connectivity index (χ1v) is 11.6. The van der Waals surface area contributed by atoms with Crippen molar-refractivity contribution in [1.29, 1.82) is 0 Å². The number of thioether (sulfide) groups is 1. The molecule has 2 aromatic heterocycles. The van der Waals surface area contributed by atoms with Gasteiger partial charge in [-0.25, -0.2) is 9.50 Å². The molecule has 0 bridgehead atoms. The van der Waals surface area contributed by atoms with Crippen LogP contribution < -0.4 is 10.2 Å². The van der Waals surface area contributed by atoms with Crippen molar-refractivity contribution >= 4 is 40.3 Å². The van der Waals surface area contributed by atoms with Crippen LogP contribution in [0.15, 0.2) is 47.5 Å². The second-order valence-electron chi connectivity index (χ2n) is 7.90. The number of imidazole rings is 1. The summed E-state index contributed by atoms with van der Waals surface area (Å²) in [4.78, 5) is 33.1. The van der Waals surface area contributed by atoms with E-state index >= 15 is 0 Å². The molecule has 0 saturated carbocycles. The number of hydrogen-bond donors (Lipinski definition) is 1. The third kappa shape index (κ3) is 4.13. The van der Waals surface area contributed by atoms with Crippen LogP contribution in [0.5, 0.6) is 0 Å². The maximum absolute atomic E-state index is 11.9. The highest BCUT2D eigenvalue weighted by Crippen LogP contribution is 2.28. The van der Waals surface area contributed by atoms with Gasteiger partial charge in [0.15, 0.2) is 5.65 Å². The minimum absolute atomic E-state index is 0.340. The summed E-state index contributed by atoms with van der Waals surface area (Å²) in [7, 11) is 0. The molecule has 0 radical (unpaired) electrons. The molecular weight excluding hydrogens is 424 g/mol. The maximum atomic E-state index is 11.9. The minimum Gasteiger partial charge on any atom is -0.369 e. The Morgan fingerprint density at radius 3 is 2.72 bits per heavy atom. The van der Waals surface area contributed by atoms with E-state index in [1.54, 1.807) is 16.7 Å². The number of benzene rings is 1. The number of piperazine rings is 1. The van der Waals surface area contributed by atoms with Crippen molar-refractivity contribution in [3.63, 3.8) is 0 Å². The second-order valence-corrected chi connectivity index (χ2v) is 8.92. The van der Waals surface area contributed by atoms with E-state index < -0.39 is 0 Å². The van der Waals surface area contributed by atoms with E-state index in [2.05, 4.69) is 56.4 Å². The van der Waals surface area contributed by atoms with Crippen molar-refractivity contribution in [2.24, 2.45) is 0 Å². The first-order chi connectivity index (χ1) is 15.6. The summed E-state index contributed by atoms with van der Waals surface area (Å²) in [6, 6.07) is 12.1. The summed E-state index contributed by atoms with van der Waals surface area (Å²) < 4.78 is 1.78. The van der Waals surface area contributed by atoms with Gasteiger partial charge in [0.1, 0.15) is 0 Å². The molecule has 0 unspecified atom stereocenters. The van der Waals surface area contributed by atoms with Gasteiger partial charge in [-0.1, -0.05) is 19.1 Å². The van der Waals surface area contributed by atoms with Crippen molar-refractivity contribution < 1.29 is 9.59 Å². The van der Waals surface area contributed by atoms with Crippen molar-refractivity contribution in [2.75, 3.05) is 37.6 Å². The van der Waals surface area contributed by atoms with Crippen molar-refractivity contribution in [3.05, 3.63) is 53.2 Å². The molecule has 2 aliphatic heterocycles. The third-order valence-electron chi connectivity index (χ3n) is 5.72. The van der Waals surface area contributed by atoms with E-state index in [4.69, 9.17) is 0 Å². The summed E-state index contributed by atoms with van der Waals surface area (Å²) in [6.45, 7) is 7.59. The first kappa shape index (κ1) is 20.7. The Bertz CT molecular complexity index is 1210. The average Bonchev–Trinajstić information content (AvgIpc) is 3.36. The van der Waals surface area contributed by atoms with Gasteiger partial charge in [-0.15, -0.1) is 0 Å². The molecule has 0 aliphatic carbocycles. The zero-order valence-corrected chi connectivity index (χ0v) is 18.6.